The molecule has 2 bridgehead atoms. The summed E-state index contributed by atoms with van der Waals surface area (Å²) < 4.78 is 1.92. The Morgan fingerprint density at radius 1 is 1.33 bits per heavy atom. The molecule has 0 aromatic carbocycles. The third kappa shape index (κ3) is 2.36. The van der Waals surface area contributed by atoms with Crippen molar-refractivity contribution in [3.63, 3.8) is 0 Å². The van der Waals surface area contributed by atoms with Gasteiger partial charge in [-0.3, -0.25) is 9.58 Å². The minimum atomic E-state index is 0.549. The van der Waals surface area contributed by atoms with Crippen molar-refractivity contribution in [1.82, 2.24) is 14.7 Å². The fourth-order valence-electron chi connectivity index (χ4n) is 4.43. The highest BCUT2D eigenvalue weighted by atomic mass is 15.2. The van der Waals surface area contributed by atoms with Crippen LogP contribution in [0.15, 0.2) is 24.0 Å². The van der Waals surface area contributed by atoms with Crippen LogP contribution in [0.1, 0.15) is 45.1 Å². The number of hydrogen-bond donors (Lipinski definition) is 0. The van der Waals surface area contributed by atoms with Crippen LogP contribution in [-0.2, 0) is 13.6 Å². The molecule has 2 fully saturated rings. The number of rotatable bonds is 5. The van der Waals surface area contributed by atoms with Gasteiger partial charge in [0.05, 0.1) is 6.20 Å². The van der Waals surface area contributed by atoms with Crippen LogP contribution < -0.4 is 0 Å². The molecule has 0 aliphatic heterocycles. The Morgan fingerprint density at radius 2 is 2.14 bits per heavy atom. The van der Waals surface area contributed by atoms with Crippen molar-refractivity contribution in [2.45, 2.75) is 52.1 Å². The summed E-state index contributed by atoms with van der Waals surface area (Å²) in [5, 5.41) is 4.32. The summed E-state index contributed by atoms with van der Waals surface area (Å²) in [6, 6.07) is 0.812. The van der Waals surface area contributed by atoms with E-state index in [1.54, 1.807) is 5.57 Å². The zero-order chi connectivity index (χ0) is 14.6. The number of nitrogens with zero attached hydrogens (tertiary/aromatic N) is 3. The van der Waals surface area contributed by atoms with Gasteiger partial charge in [-0.15, -0.1) is 0 Å². The first-order chi connectivity index (χ1) is 10.0. The predicted molar refractivity (Wildman–Crippen MR) is 84.7 cm³/mol. The van der Waals surface area contributed by atoms with Gasteiger partial charge in [-0.1, -0.05) is 25.5 Å². The Labute approximate surface area is 128 Å². The maximum absolute atomic E-state index is 4.32. The lowest BCUT2D eigenvalue weighted by molar-refractivity contribution is -0.0111. The Bertz CT molecular complexity index is 565. The van der Waals surface area contributed by atoms with Gasteiger partial charge in [0.1, 0.15) is 0 Å². The molecule has 3 heteroatoms. The van der Waals surface area contributed by atoms with Gasteiger partial charge in [-0.2, -0.15) is 5.10 Å². The normalized spacial score (nSPS) is 30.2. The van der Waals surface area contributed by atoms with Gasteiger partial charge in [-0.05, 0) is 42.9 Å². The maximum Gasteiger partial charge on any atom is 0.0534 e. The Morgan fingerprint density at radius 3 is 2.71 bits per heavy atom. The van der Waals surface area contributed by atoms with E-state index in [1.165, 1.54) is 37.8 Å². The van der Waals surface area contributed by atoms with Gasteiger partial charge in [0.15, 0.2) is 0 Å². The molecule has 5 rings (SSSR count). The summed E-state index contributed by atoms with van der Waals surface area (Å²) in [5.41, 5.74) is 3.62. The van der Waals surface area contributed by atoms with E-state index in [1.807, 2.05) is 17.9 Å². The first-order valence-corrected chi connectivity index (χ1v) is 8.44. The Kier molecular flexibility index (Phi) is 3.04. The van der Waals surface area contributed by atoms with E-state index in [0.717, 1.165) is 24.4 Å². The number of aromatic nitrogens is 2. The van der Waals surface area contributed by atoms with Crippen LogP contribution in [0.2, 0.25) is 0 Å². The molecule has 1 aromatic heterocycles. The van der Waals surface area contributed by atoms with E-state index in [-0.39, 0.29) is 0 Å². The number of fused-ring (bicyclic) bond motifs is 1. The van der Waals surface area contributed by atoms with Gasteiger partial charge in [-0.25, -0.2) is 0 Å². The second-order valence-corrected chi connectivity index (χ2v) is 7.98. The topological polar surface area (TPSA) is 21.1 Å². The lowest BCUT2D eigenvalue weighted by Crippen LogP contribution is -2.49. The molecule has 4 aliphatic rings. The number of hydrogen-bond acceptors (Lipinski definition) is 2. The lowest BCUT2D eigenvalue weighted by Gasteiger charge is -2.57. The molecule has 0 radical (unpaired) electrons. The fourth-order valence-corrected chi connectivity index (χ4v) is 4.43. The van der Waals surface area contributed by atoms with Gasteiger partial charge in [0.25, 0.3) is 0 Å². The van der Waals surface area contributed by atoms with Crippen molar-refractivity contribution in [2.75, 3.05) is 6.54 Å². The molecule has 3 nitrogen and oxygen atoms in total. The minimum absolute atomic E-state index is 0.549. The summed E-state index contributed by atoms with van der Waals surface area (Å²) in [7, 11) is 2.01. The molecule has 0 unspecified atom stereocenters. The number of aryl methyl sites for hydroxylation is 1. The third-order valence-corrected chi connectivity index (χ3v) is 6.18. The smallest absolute Gasteiger partial charge is 0.0534 e. The van der Waals surface area contributed by atoms with Crippen LogP contribution in [0.4, 0.5) is 0 Å². The molecule has 2 atom stereocenters. The molecule has 21 heavy (non-hydrogen) atoms. The molecule has 0 amide bonds. The molecular weight excluding hydrogens is 258 g/mol. The van der Waals surface area contributed by atoms with Crippen molar-refractivity contribution >= 4 is 0 Å². The van der Waals surface area contributed by atoms with Crippen LogP contribution in [-0.4, -0.2) is 27.3 Å². The van der Waals surface area contributed by atoms with E-state index in [0.29, 0.717) is 5.41 Å². The molecule has 2 saturated carbocycles. The Balaban J connectivity index is 1.47. The highest BCUT2D eigenvalue weighted by Gasteiger charge is 2.51. The molecule has 0 saturated heterocycles. The van der Waals surface area contributed by atoms with Gasteiger partial charge in [0.2, 0.25) is 0 Å². The van der Waals surface area contributed by atoms with Crippen LogP contribution >= 0.6 is 0 Å². The molecule has 1 aromatic rings. The summed E-state index contributed by atoms with van der Waals surface area (Å²) in [4.78, 5) is 2.69. The quantitative estimate of drug-likeness (QED) is 0.773. The lowest BCUT2D eigenvalue weighted by atomic mass is 9.49. The first kappa shape index (κ1) is 13.6. The molecule has 114 valence electrons. The highest BCUT2D eigenvalue weighted by molar-refractivity contribution is 5.25. The summed E-state index contributed by atoms with van der Waals surface area (Å²) in [6.45, 7) is 7.19. The van der Waals surface area contributed by atoms with Crippen molar-refractivity contribution in [2.24, 2.45) is 24.3 Å². The second-order valence-electron chi connectivity index (χ2n) is 7.98. The van der Waals surface area contributed by atoms with Gasteiger partial charge in [0, 0.05) is 37.9 Å². The second kappa shape index (κ2) is 4.70. The van der Waals surface area contributed by atoms with Crippen molar-refractivity contribution < 1.29 is 0 Å². The number of allylic oxidation sites excluding steroid dienone is 1. The first-order valence-electron chi connectivity index (χ1n) is 8.44. The van der Waals surface area contributed by atoms with E-state index in [4.69, 9.17) is 0 Å². The summed E-state index contributed by atoms with van der Waals surface area (Å²) in [6.07, 6.45) is 12.2. The average molecular weight is 285 g/mol. The van der Waals surface area contributed by atoms with Crippen LogP contribution in [0.5, 0.6) is 0 Å². The molecular formula is C18H27N3. The fraction of sp³-hybridized carbons (Fsp3) is 0.722. The molecule has 1 heterocycles. The van der Waals surface area contributed by atoms with Crippen LogP contribution in [0.25, 0.3) is 0 Å². The van der Waals surface area contributed by atoms with Crippen molar-refractivity contribution in [3.8, 4) is 0 Å². The largest absolute Gasteiger partial charge is 0.292 e. The summed E-state index contributed by atoms with van der Waals surface area (Å²) >= 11 is 0. The summed E-state index contributed by atoms with van der Waals surface area (Å²) in [5.74, 6) is 1.78. The van der Waals surface area contributed by atoms with E-state index < -0.39 is 0 Å². The zero-order valence-electron chi connectivity index (χ0n) is 13.5. The van der Waals surface area contributed by atoms with Gasteiger partial charge < -0.3 is 0 Å². The monoisotopic (exact) mass is 285 g/mol. The van der Waals surface area contributed by atoms with Crippen molar-refractivity contribution in [3.05, 3.63) is 29.6 Å². The SMILES string of the molecule is Cn1cc(CN(CC2=CC[C@H]3C[C@@H]2C3(C)C)C2CC2)cn1. The average Bonchev–Trinajstić information content (AvgIpc) is 3.22. The molecule has 4 aliphatic carbocycles. The van der Waals surface area contributed by atoms with E-state index in [9.17, 15) is 0 Å². The minimum Gasteiger partial charge on any atom is -0.292 e. The van der Waals surface area contributed by atoms with Crippen LogP contribution in [0.3, 0.4) is 0 Å². The highest BCUT2D eigenvalue weighted by Crippen LogP contribution is 2.59. The van der Waals surface area contributed by atoms with E-state index in [2.05, 4.69) is 36.1 Å². The van der Waals surface area contributed by atoms with E-state index >= 15 is 0 Å². The zero-order valence-corrected chi connectivity index (χ0v) is 13.5. The standard InChI is InChI=1S/C18H27N3/c1-18(2)15-5-4-14(17(18)8-15)12-21(16-6-7-16)11-13-9-19-20(3)10-13/h4,9-10,15-17H,5-8,11-12H2,1-3H3/t15-,17-/m0/s1. The van der Waals surface area contributed by atoms with Crippen molar-refractivity contribution in [1.29, 1.82) is 0 Å². The maximum atomic E-state index is 4.32. The Hall–Kier alpha value is -1.09. The predicted octanol–water partition coefficient (Wildman–Crippen LogP) is 3.38. The van der Waals surface area contributed by atoms with Gasteiger partial charge >= 0.3 is 0 Å². The molecule has 0 N–H and O–H groups in total. The van der Waals surface area contributed by atoms with Crippen LogP contribution in [0, 0.1) is 17.3 Å². The third-order valence-electron chi connectivity index (χ3n) is 6.18. The molecule has 0 spiro atoms.